The molecule has 0 heterocycles. The lowest BCUT2D eigenvalue weighted by atomic mass is 9.43. The Labute approximate surface area is 414 Å². The van der Waals surface area contributed by atoms with E-state index < -0.39 is 22.0 Å². The smallest absolute Gasteiger partial charge is 0.306 e. The van der Waals surface area contributed by atoms with Gasteiger partial charge in [0.15, 0.2) is 0 Å². The molecule has 12 nitrogen and oxygen atoms in total. The Morgan fingerprint density at radius 3 is 1.45 bits per heavy atom. The first-order chi connectivity index (χ1) is 32.5. The number of esters is 2. The molecule has 8 fully saturated rings. The molecule has 8 aliphatic rings. The number of ether oxygens (including phenoxy) is 2. The molecule has 0 bridgehead atoms. The number of carbonyl (C=O) groups excluding carboxylic acids is 4. The lowest BCUT2D eigenvalue weighted by Gasteiger charge is -2.62. The zero-order valence-corrected chi connectivity index (χ0v) is 44.2. The van der Waals surface area contributed by atoms with E-state index in [-0.39, 0.29) is 94.8 Å². The van der Waals surface area contributed by atoms with E-state index in [4.69, 9.17) is 14.0 Å². The molecule has 392 valence electrons. The summed E-state index contributed by atoms with van der Waals surface area (Å²) in [6.45, 7) is 16.0. The number of hydrogen-bond acceptors (Lipinski definition) is 10. The maximum atomic E-state index is 13.2. The van der Waals surface area contributed by atoms with E-state index in [0.29, 0.717) is 84.9 Å². The molecule has 8 saturated carbocycles. The molecule has 1 amide bonds. The second-order valence-corrected chi connectivity index (χ2v) is 27.6. The Hall–Kier alpha value is -2.09. The predicted octanol–water partition coefficient (Wildman–Crippen LogP) is 9.67. The van der Waals surface area contributed by atoms with Gasteiger partial charge in [0.25, 0.3) is 10.1 Å². The van der Waals surface area contributed by atoms with Crippen molar-refractivity contribution < 1.29 is 51.8 Å². The molecule has 13 heteroatoms. The molecule has 69 heavy (non-hydrogen) atoms. The molecule has 8 aliphatic carbocycles. The first-order valence-corrected chi connectivity index (χ1v) is 29.5. The van der Waals surface area contributed by atoms with E-state index in [2.05, 4.69) is 46.9 Å². The monoisotopic (exact) mass is 986 g/mol. The zero-order valence-electron chi connectivity index (χ0n) is 43.4. The van der Waals surface area contributed by atoms with Gasteiger partial charge in [0.05, 0.1) is 18.0 Å². The molecule has 20 atom stereocenters. The molecule has 0 radical (unpaired) electrons. The highest BCUT2D eigenvalue weighted by Crippen LogP contribution is 2.70. The summed E-state index contributed by atoms with van der Waals surface area (Å²) in [5.41, 5.74) is 0.509. The summed E-state index contributed by atoms with van der Waals surface area (Å²) in [5.74, 6) is 3.95. The standard InChI is InChI=1S/C56H91NO11S/c1-33(11-13-35(3)58)40-14-16-42-51-44(21-25-55(40,42)6)53(4)23-19-38(29-36(53)31-46(51)59)67-49(62)9-8-10-50(63)68-39-20-24-54(5)37(30-39)32-47(60)52-43-17-15-41(56(43,7)26-22-45(52)54)34(2)12-18-48(61)57-27-28-69(64,65)66/h33-34,36-47,51-52,59-60H,8-32H2,1-7H3,(H,57,61)(H,64,65,66)/t33-,34-,36?,37?,38-,39+,40+,41+,42+,43-,44+,45-,46+,47-,51+,52-,53+,54-,55-,56+/m0/s1. The number of aliphatic hydroxyl groups excluding tert-OH is 2. The molecular formula is C56H91NO11S. The van der Waals surface area contributed by atoms with Crippen LogP contribution in [-0.2, 0) is 38.8 Å². The fourth-order valence-electron chi connectivity index (χ4n) is 19.0. The second kappa shape index (κ2) is 20.7. The van der Waals surface area contributed by atoms with Gasteiger partial charge in [-0.05, 0) is 222 Å². The van der Waals surface area contributed by atoms with Crippen LogP contribution >= 0.6 is 0 Å². The lowest BCUT2D eigenvalue weighted by molar-refractivity contribution is -0.183. The second-order valence-electron chi connectivity index (χ2n) is 26.0. The van der Waals surface area contributed by atoms with Crippen LogP contribution in [-0.4, -0.2) is 83.5 Å². The number of fused-ring (bicyclic) bond motifs is 10. The number of carbonyl (C=O) groups is 4. The Balaban J connectivity index is 0.760. The largest absolute Gasteiger partial charge is 0.462 e. The lowest BCUT2D eigenvalue weighted by Crippen LogP contribution is -2.58. The summed E-state index contributed by atoms with van der Waals surface area (Å²) >= 11 is 0. The van der Waals surface area contributed by atoms with Gasteiger partial charge in [-0.15, -0.1) is 0 Å². The van der Waals surface area contributed by atoms with E-state index in [9.17, 15) is 37.8 Å². The van der Waals surface area contributed by atoms with Crippen molar-refractivity contribution in [1.29, 1.82) is 0 Å². The third kappa shape index (κ3) is 10.7. The number of ketones is 1. The number of hydrogen-bond donors (Lipinski definition) is 4. The molecule has 2 unspecified atom stereocenters. The van der Waals surface area contributed by atoms with Crippen molar-refractivity contribution in [2.24, 2.45) is 92.7 Å². The highest BCUT2D eigenvalue weighted by atomic mass is 32.2. The van der Waals surface area contributed by atoms with Crippen LogP contribution in [0.2, 0.25) is 0 Å². The van der Waals surface area contributed by atoms with E-state index in [1.807, 2.05) is 0 Å². The third-order valence-corrected chi connectivity index (χ3v) is 23.3. The van der Waals surface area contributed by atoms with Gasteiger partial charge >= 0.3 is 11.9 Å². The minimum atomic E-state index is -4.12. The summed E-state index contributed by atoms with van der Waals surface area (Å²) in [6, 6.07) is 0. The zero-order chi connectivity index (χ0) is 49.8. The summed E-state index contributed by atoms with van der Waals surface area (Å²) in [6.07, 6.45) is 18.1. The van der Waals surface area contributed by atoms with Crippen molar-refractivity contribution in [1.82, 2.24) is 5.32 Å². The molecule has 0 aliphatic heterocycles. The predicted molar refractivity (Wildman–Crippen MR) is 264 cm³/mol. The molecule has 0 spiro atoms. The maximum Gasteiger partial charge on any atom is 0.306 e. The van der Waals surface area contributed by atoms with Crippen molar-refractivity contribution in [2.75, 3.05) is 12.3 Å². The van der Waals surface area contributed by atoms with Gasteiger partial charge in [-0.1, -0.05) is 41.5 Å². The third-order valence-electron chi connectivity index (χ3n) is 22.6. The number of Topliss-reactive ketones (excluding diaryl/α,β-unsaturated/α-hetero) is 1. The van der Waals surface area contributed by atoms with Crippen LogP contribution in [0.1, 0.15) is 196 Å². The fraction of sp³-hybridized carbons (Fsp3) is 0.929. The van der Waals surface area contributed by atoms with Crippen molar-refractivity contribution in [3.8, 4) is 0 Å². The van der Waals surface area contributed by atoms with Crippen molar-refractivity contribution in [2.45, 2.75) is 221 Å². The van der Waals surface area contributed by atoms with Crippen LogP contribution in [0, 0.1) is 92.7 Å². The van der Waals surface area contributed by atoms with Gasteiger partial charge in [0.1, 0.15) is 18.0 Å². The van der Waals surface area contributed by atoms with E-state index >= 15 is 0 Å². The van der Waals surface area contributed by atoms with Gasteiger partial charge in [-0.3, -0.25) is 18.9 Å². The molecule has 0 aromatic heterocycles. The molecule has 0 aromatic carbocycles. The Morgan fingerprint density at radius 1 is 0.594 bits per heavy atom. The van der Waals surface area contributed by atoms with Crippen LogP contribution in [0.5, 0.6) is 0 Å². The Bertz CT molecular complexity index is 2000. The average Bonchev–Trinajstić information content (AvgIpc) is 3.82. The number of nitrogens with one attached hydrogen (secondary N) is 1. The fourth-order valence-corrected chi connectivity index (χ4v) is 19.4. The normalized spacial score (nSPS) is 44.4. The van der Waals surface area contributed by atoms with Gasteiger partial charge in [0, 0.05) is 32.2 Å². The minimum Gasteiger partial charge on any atom is -0.462 e. The number of amides is 1. The topological polar surface area (TPSA) is 194 Å². The highest BCUT2D eigenvalue weighted by molar-refractivity contribution is 7.85. The van der Waals surface area contributed by atoms with E-state index in [1.54, 1.807) is 6.92 Å². The van der Waals surface area contributed by atoms with Crippen molar-refractivity contribution in [3.63, 3.8) is 0 Å². The van der Waals surface area contributed by atoms with E-state index in [0.717, 1.165) is 89.9 Å². The molecule has 0 aromatic rings. The summed E-state index contributed by atoms with van der Waals surface area (Å²) < 4.78 is 43.3. The minimum absolute atomic E-state index is 0.0734. The summed E-state index contributed by atoms with van der Waals surface area (Å²) in [4.78, 5) is 50.8. The van der Waals surface area contributed by atoms with E-state index in [1.165, 1.54) is 19.3 Å². The van der Waals surface area contributed by atoms with Gasteiger partial charge in [-0.25, -0.2) is 0 Å². The van der Waals surface area contributed by atoms with Crippen LogP contribution < -0.4 is 5.32 Å². The highest BCUT2D eigenvalue weighted by Gasteiger charge is 2.65. The van der Waals surface area contributed by atoms with Gasteiger partial charge in [-0.2, -0.15) is 8.42 Å². The Kier molecular flexibility index (Phi) is 15.9. The summed E-state index contributed by atoms with van der Waals surface area (Å²) in [7, 11) is -4.12. The van der Waals surface area contributed by atoms with Crippen molar-refractivity contribution >= 4 is 33.7 Å². The van der Waals surface area contributed by atoms with Crippen LogP contribution in [0.15, 0.2) is 0 Å². The van der Waals surface area contributed by atoms with Crippen LogP contribution in [0.3, 0.4) is 0 Å². The maximum absolute atomic E-state index is 13.2. The number of aliphatic hydroxyl groups is 2. The Morgan fingerprint density at radius 2 is 1.01 bits per heavy atom. The van der Waals surface area contributed by atoms with Crippen LogP contribution in [0.4, 0.5) is 0 Å². The molecule has 8 rings (SSSR count). The molecular weight excluding hydrogens is 895 g/mol. The van der Waals surface area contributed by atoms with Crippen molar-refractivity contribution in [3.05, 3.63) is 0 Å². The average molecular weight is 986 g/mol. The first kappa shape index (κ1) is 53.2. The SMILES string of the molecule is CC(=O)CC[C@H](C)[C@H]1CC[C@@H]2[C@H]3[C@H](O)CC4C[C@@H](OC(=O)CCCC(=O)O[C@@H]5CC[C@@]6(C)C(C5)C[C@H](O)[C@H]5[C@@H]7CC[C@H]([C@@H](C)CCC(=O)NCCS(=O)(=O)O)[C@@]7(C)CC[C@@H]56)CC[C@@]4(C)[C@@H]3CC[C@]21C. The first-order valence-electron chi connectivity index (χ1n) is 27.9. The molecule has 0 saturated heterocycles. The van der Waals surface area contributed by atoms with Gasteiger partial charge < -0.3 is 29.8 Å². The quantitative estimate of drug-likeness (QED) is 0.0801. The summed E-state index contributed by atoms with van der Waals surface area (Å²) in [5, 5.41) is 26.5. The van der Waals surface area contributed by atoms with Gasteiger partial charge in [0.2, 0.25) is 5.91 Å². The number of rotatable bonds is 17. The molecule has 4 N–H and O–H groups in total. The van der Waals surface area contributed by atoms with Crippen LogP contribution in [0.25, 0.3) is 0 Å².